The first kappa shape index (κ1) is 15.7. The lowest BCUT2D eigenvalue weighted by molar-refractivity contribution is 0.00545. The highest BCUT2D eigenvalue weighted by Crippen LogP contribution is 2.19. The van der Waals surface area contributed by atoms with E-state index >= 15 is 0 Å². The van der Waals surface area contributed by atoms with Crippen LogP contribution in [0, 0.1) is 12.3 Å². The maximum atomic E-state index is 11.2. The highest BCUT2D eigenvalue weighted by molar-refractivity contribution is 5.91. The van der Waals surface area contributed by atoms with Crippen molar-refractivity contribution in [2.75, 3.05) is 20.3 Å². The summed E-state index contributed by atoms with van der Waals surface area (Å²) >= 11 is 0. The number of ether oxygens (including phenoxy) is 2. The molecule has 0 saturated carbocycles. The highest BCUT2D eigenvalue weighted by atomic mass is 16.5. The summed E-state index contributed by atoms with van der Waals surface area (Å²) in [6.07, 6.45) is 0. The summed E-state index contributed by atoms with van der Waals surface area (Å²) in [4.78, 5) is 11.2. The molecule has 0 bridgehead atoms. The molecule has 0 fully saturated rings. The normalized spacial score (nSPS) is 11.6. The molecule has 0 aliphatic carbocycles. The number of aryl methyl sites for hydroxylation is 1. The minimum Gasteiger partial charge on any atom is -0.478 e. The predicted octanol–water partition coefficient (Wildman–Crippen LogP) is 2.88. The van der Waals surface area contributed by atoms with Gasteiger partial charge in [0.15, 0.2) is 0 Å². The molecular formula is C15H22O4. The first-order valence-electron chi connectivity index (χ1n) is 6.26. The molecule has 0 spiro atoms. The van der Waals surface area contributed by atoms with E-state index in [-0.39, 0.29) is 5.41 Å². The summed E-state index contributed by atoms with van der Waals surface area (Å²) in [5.74, 6) is -0.909. The van der Waals surface area contributed by atoms with Crippen molar-refractivity contribution in [1.82, 2.24) is 0 Å². The van der Waals surface area contributed by atoms with Gasteiger partial charge in [-0.2, -0.15) is 0 Å². The fraction of sp³-hybridized carbons (Fsp3) is 0.533. The number of carboxylic acid groups (broad SMARTS) is 1. The molecule has 1 aromatic rings. The molecule has 0 heterocycles. The smallest absolute Gasteiger partial charge is 0.336 e. The third kappa shape index (κ3) is 4.65. The van der Waals surface area contributed by atoms with Gasteiger partial charge in [-0.25, -0.2) is 4.79 Å². The van der Waals surface area contributed by atoms with Crippen LogP contribution in [0.5, 0.6) is 0 Å². The number of rotatable bonds is 7. The Hall–Kier alpha value is -1.39. The number of benzene rings is 1. The lowest BCUT2D eigenvalue weighted by atomic mass is 9.96. The first-order valence-corrected chi connectivity index (χ1v) is 6.26. The van der Waals surface area contributed by atoms with Crippen molar-refractivity contribution in [3.05, 3.63) is 34.9 Å². The fourth-order valence-corrected chi connectivity index (χ4v) is 2.02. The molecule has 1 rings (SSSR count). The van der Waals surface area contributed by atoms with Crippen LogP contribution in [0.2, 0.25) is 0 Å². The maximum absolute atomic E-state index is 11.2. The Kier molecular flexibility index (Phi) is 5.51. The lowest BCUT2D eigenvalue weighted by Gasteiger charge is -2.23. The fourth-order valence-electron chi connectivity index (χ4n) is 2.02. The van der Waals surface area contributed by atoms with Gasteiger partial charge in [-0.05, 0) is 18.1 Å². The molecule has 4 nitrogen and oxygen atoms in total. The van der Waals surface area contributed by atoms with Crippen molar-refractivity contribution in [2.24, 2.45) is 5.41 Å². The molecule has 0 amide bonds. The molecule has 0 saturated heterocycles. The molecule has 0 radical (unpaired) electrons. The minimum atomic E-state index is -0.909. The third-order valence-electron chi connectivity index (χ3n) is 2.86. The van der Waals surface area contributed by atoms with Gasteiger partial charge in [0.2, 0.25) is 0 Å². The zero-order chi connectivity index (χ0) is 14.5. The molecule has 19 heavy (non-hydrogen) atoms. The Balaban J connectivity index is 2.69. The lowest BCUT2D eigenvalue weighted by Crippen LogP contribution is -2.25. The van der Waals surface area contributed by atoms with Crippen molar-refractivity contribution in [2.45, 2.75) is 27.4 Å². The summed E-state index contributed by atoms with van der Waals surface area (Å²) in [6.45, 7) is 7.31. The second-order valence-corrected chi connectivity index (χ2v) is 5.50. The molecule has 1 aromatic carbocycles. The summed E-state index contributed by atoms with van der Waals surface area (Å²) in [5, 5.41) is 9.21. The molecular weight excluding hydrogens is 244 g/mol. The van der Waals surface area contributed by atoms with E-state index in [9.17, 15) is 9.90 Å². The van der Waals surface area contributed by atoms with Gasteiger partial charge in [-0.15, -0.1) is 0 Å². The second-order valence-electron chi connectivity index (χ2n) is 5.50. The maximum Gasteiger partial charge on any atom is 0.336 e. The van der Waals surface area contributed by atoms with E-state index in [1.165, 1.54) is 0 Å². The van der Waals surface area contributed by atoms with E-state index in [1.54, 1.807) is 26.2 Å². The van der Waals surface area contributed by atoms with E-state index < -0.39 is 5.97 Å². The first-order chi connectivity index (χ1) is 8.87. The summed E-state index contributed by atoms with van der Waals surface area (Å²) < 4.78 is 10.8. The molecule has 0 aliphatic rings. The van der Waals surface area contributed by atoms with Crippen LogP contribution < -0.4 is 0 Å². The average molecular weight is 266 g/mol. The van der Waals surface area contributed by atoms with Crippen LogP contribution in [0.25, 0.3) is 0 Å². The minimum absolute atomic E-state index is 0.0814. The summed E-state index contributed by atoms with van der Waals surface area (Å²) in [5.41, 5.74) is 1.72. The van der Waals surface area contributed by atoms with Crippen molar-refractivity contribution in [3.8, 4) is 0 Å². The molecule has 0 aromatic heterocycles. The monoisotopic (exact) mass is 266 g/mol. The van der Waals surface area contributed by atoms with Crippen molar-refractivity contribution < 1.29 is 19.4 Å². The highest BCUT2D eigenvalue weighted by Gasteiger charge is 2.19. The van der Waals surface area contributed by atoms with Crippen LogP contribution in [0.15, 0.2) is 18.2 Å². The Morgan fingerprint density at radius 2 is 2.00 bits per heavy atom. The number of hydrogen-bond acceptors (Lipinski definition) is 3. The topological polar surface area (TPSA) is 55.8 Å². The third-order valence-corrected chi connectivity index (χ3v) is 2.86. The Bertz CT molecular complexity index is 438. The summed E-state index contributed by atoms with van der Waals surface area (Å²) in [6, 6.07) is 5.43. The number of methoxy groups -OCH3 is 1. The molecule has 1 N–H and O–H groups in total. The van der Waals surface area contributed by atoms with E-state index in [0.29, 0.717) is 30.9 Å². The zero-order valence-electron chi connectivity index (χ0n) is 12.0. The summed E-state index contributed by atoms with van der Waals surface area (Å²) in [7, 11) is 1.66. The van der Waals surface area contributed by atoms with E-state index in [2.05, 4.69) is 0 Å². The second kappa shape index (κ2) is 6.68. The Labute approximate surface area is 114 Å². The molecule has 4 heteroatoms. The van der Waals surface area contributed by atoms with Crippen LogP contribution in [0.1, 0.15) is 35.3 Å². The predicted molar refractivity (Wildman–Crippen MR) is 73.5 cm³/mol. The molecule has 0 unspecified atom stereocenters. The van der Waals surface area contributed by atoms with Gasteiger partial charge in [0.05, 0.1) is 25.4 Å². The molecule has 106 valence electrons. The van der Waals surface area contributed by atoms with Gasteiger partial charge < -0.3 is 14.6 Å². The number of carboxylic acids is 1. The SMILES string of the molecule is COCC(C)(C)COCc1cccc(C)c1C(=O)O. The van der Waals surface area contributed by atoms with Crippen LogP contribution in [-0.2, 0) is 16.1 Å². The van der Waals surface area contributed by atoms with Crippen LogP contribution in [-0.4, -0.2) is 31.4 Å². The number of carbonyl (C=O) groups is 1. The zero-order valence-corrected chi connectivity index (χ0v) is 12.0. The standard InChI is InChI=1S/C15H22O4/c1-11-6-5-7-12(13(11)14(16)17)8-19-10-15(2,3)9-18-4/h5-7H,8-10H2,1-4H3,(H,16,17). The van der Waals surface area contributed by atoms with Crippen LogP contribution >= 0.6 is 0 Å². The quantitative estimate of drug-likeness (QED) is 0.824. The largest absolute Gasteiger partial charge is 0.478 e. The van der Waals surface area contributed by atoms with Crippen molar-refractivity contribution >= 4 is 5.97 Å². The van der Waals surface area contributed by atoms with E-state index in [0.717, 1.165) is 5.56 Å². The Morgan fingerprint density at radius 1 is 1.32 bits per heavy atom. The van der Waals surface area contributed by atoms with Gasteiger partial charge in [-0.3, -0.25) is 0 Å². The average Bonchev–Trinajstić information content (AvgIpc) is 2.28. The Morgan fingerprint density at radius 3 is 2.58 bits per heavy atom. The van der Waals surface area contributed by atoms with Crippen LogP contribution in [0.3, 0.4) is 0 Å². The number of aromatic carboxylic acids is 1. The van der Waals surface area contributed by atoms with Gasteiger partial charge in [0.25, 0.3) is 0 Å². The van der Waals surface area contributed by atoms with Gasteiger partial charge >= 0.3 is 5.97 Å². The van der Waals surface area contributed by atoms with E-state index in [1.807, 2.05) is 19.9 Å². The van der Waals surface area contributed by atoms with Gasteiger partial charge in [0.1, 0.15) is 0 Å². The molecule has 0 atom stereocenters. The van der Waals surface area contributed by atoms with Crippen molar-refractivity contribution in [1.29, 1.82) is 0 Å². The van der Waals surface area contributed by atoms with Gasteiger partial charge in [0, 0.05) is 12.5 Å². The molecule has 0 aliphatic heterocycles. The van der Waals surface area contributed by atoms with Crippen LogP contribution in [0.4, 0.5) is 0 Å². The number of hydrogen-bond donors (Lipinski definition) is 1. The van der Waals surface area contributed by atoms with Gasteiger partial charge in [-0.1, -0.05) is 32.0 Å². The van der Waals surface area contributed by atoms with E-state index in [4.69, 9.17) is 9.47 Å². The van der Waals surface area contributed by atoms with Crippen molar-refractivity contribution in [3.63, 3.8) is 0 Å².